The number of allylic oxidation sites excluding steroid dienone is 1. The summed E-state index contributed by atoms with van der Waals surface area (Å²) < 4.78 is 19.9. The van der Waals surface area contributed by atoms with Gasteiger partial charge in [0.15, 0.2) is 23.3 Å². The summed E-state index contributed by atoms with van der Waals surface area (Å²) in [5.41, 5.74) is 20.3. The Morgan fingerprint density at radius 3 is 1.07 bits per heavy atom. The van der Waals surface area contributed by atoms with Crippen molar-refractivity contribution in [3.63, 3.8) is 0 Å². The number of aryl methyl sites for hydroxylation is 1. The van der Waals surface area contributed by atoms with Crippen LogP contribution in [0, 0.1) is 13.1 Å². The maximum atomic E-state index is 12.7. The van der Waals surface area contributed by atoms with E-state index in [1.165, 1.54) is 64.3 Å². The molecule has 15 rings (SSSR count). The van der Waals surface area contributed by atoms with E-state index < -0.39 is 58.1 Å². The Kier molecular flexibility index (Phi) is 36.8. The Balaban J connectivity index is 0.000000184. The van der Waals surface area contributed by atoms with Crippen LogP contribution in [0.25, 0.3) is 9.69 Å². The van der Waals surface area contributed by atoms with Crippen LogP contribution in [0.1, 0.15) is 301 Å². The van der Waals surface area contributed by atoms with Gasteiger partial charge in [0.1, 0.15) is 35.0 Å². The Hall–Kier alpha value is -14.8. The third kappa shape index (κ3) is 33.1. The lowest BCUT2D eigenvalue weighted by Gasteiger charge is -2.19. The predicted octanol–water partition coefficient (Wildman–Crippen LogP) is 17.5. The van der Waals surface area contributed by atoms with Crippen LogP contribution < -0.4 is 38.1 Å². The van der Waals surface area contributed by atoms with Crippen LogP contribution in [-0.2, 0) is 67.3 Å². The number of aromatic amines is 2. The third-order valence-electron chi connectivity index (χ3n) is 21.3. The van der Waals surface area contributed by atoms with Gasteiger partial charge >= 0.3 is 24.2 Å². The molecule has 5 fully saturated rings. The van der Waals surface area contributed by atoms with Gasteiger partial charge in [0.25, 0.3) is 11.6 Å². The average Bonchev–Trinajstić information content (AvgIpc) is 1.61. The molecular formula is C97H119ClN24O14. The van der Waals surface area contributed by atoms with E-state index in [-0.39, 0.29) is 70.8 Å². The van der Waals surface area contributed by atoms with E-state index >= 15 is 0 Å². The normalized spacial score (nSPS) is 14.6. The number of carboxylic acid groups (broad SMARTS) is 1. The minimum Gasteiger partial charge on any atom is -0.481 e. The summed E-state index contributed by atoms with van der Waals surface area (Å²) in [5.74, 6) is 0.943. The molecule has 5 saturated carbocycles. The summed E-state index contributed by atoms with van der Waals surface area (Å²) in [6.07, 6.45) is 20.5. The van der Waals surface area contributed by atoms with E-state index in [1.807, 2.05) is 112 Å². The van der Waals surface area contributed by atoms with Crippen LogP contribution in [-0.4, -0.2) is 156 Å². The van der Waals surface area contributed by atoms with Crippen molar-refractivity contribution in [3.05, 3.63) is 243 Å². The maximum Gasteiger partial charge on any atom is 0.435 e. The molecule has 5 unspecified atom stereocenters. The van der Waals surface area contributed by atoms with Crippen LogP contribution in [0.3, 0.4) is 0 Å². The number of nitrogens with zero attached hydrogens (tertiary/aromatic N) is 15. The molecule has 5 aliphatic carbocycles. The van der Waals surface area contributed by atoms with Gasteiger partial charge in [0, 0.05) is 113 Å². The van der Waals surface area contributed by atoms with Gasteiger partial charge in [0.05, 0.1) is 64.6 Å². The van der Waals surface area contributed by atoms with E-state index in [2.05, 4.69) is 110 Å². The Morgan fingerprint density at radius 1 is 0.471 bits per heavy atom. The zero-order chi connectivity index (χ0) is 99.6. The number of nitrogen functional groups attached to an aromatic ring is 1. The van der Waals surface area contributed by atoms with Crippen molar-refractivity contribution in [2.45, 2.75) is 264 Å². The Morgan fingerprint density at radius 2 is 0.787 bits per heavy atom. The molecule has 0 radical (unpaired) electrons. The molecular weight excluding hydrogens is 1760 g/mol. The summed E-state index contributed by atoms with van der Waals surface area (Å²) in [4.78, 5) is 145. The summed E-state index contributed by atoms with van der Waals surface area (Å²) in [5, 5.41) is 48.8. The largest absolute Gasteiger partial charge is 0.481 e. The molecule has 0 saturated heterocycles. The highest BCUT2D eigenvalue weighted by Crippen LogP contribution is 2.45. The van der Waals surface area contributed by atoms with E-state index in [9.17, 15) is 47.9 Å². The Labute approximate surface area is 794 Å². The van der Waals surface area contributed by atoms with Gasteiger partial charge in [0.2, 0.25) is 34.8 Å². The zero-order valence-corrected chi connectivity index (χ0v) is 79.8. The number of aromatic nitrogens is 15. The number of hydrogen-bond acceptors (Lipinski definition) is 25. The van der Waals surface area contributed by atoms with Gasteiger partial charge in [-0.2, -0.15) is 24.2 Å². The number of anilines is 5. The van der Waals surface area contributed by atoms with Crippen molar-refractivity contribution in [2.75, 3.05) is 27.0 Å². The van der Waals surface area contributed by atoms with Gasteiger partial charge in [-0.3, -0.25) is 58.7 Å². The second-order valence-electron chi connectivity index (χ2n) is 36.1. The maximum absolute atomic E-state index is 12.7. The molecule has 0 spiro atoms. The molecule has 0 bridgehead atoms. The molecule has 38 nitrogen and oxygen atoms in total. The van der Waals surface area contributed by atoms with Crippen molar-refractivity contribution < 1.29 is 67.3 Å². The van der Waals surface area contributed by atoms with Gasteiger partial charge in [-0.15, -0.1) is 25.3 Å². The number of carbonyl (C=O) groups excluding carboxylic acids is 9. The first-order valence-corrected chi connectivity index (χ1v) is 45.0. The van der Waals surface area contributed by atoms with Crippen molar-refractivity contribution in [1.82, 2.24) is 80.0 Å². The molecule has 10 aromatic rings. The average molecular weight is 1880 g/mol. The van der Waals surface area contributed by atoms with Gasteiger partial charge in [-0.1, -0.05) is 63.6 Å². The van der Waals surface area contributed by atoms with Crippen molar-refractivity contribution >= 4 is 111 Å². The first-order chi connectivity index (χ1) is 64.4. The van der Waals surface area contributed by atoms with E-state index in [4.69, 9.17) is 55.5 Å². The lowest BCUT2D eigenvalue weighted by molar-refractivity contribution is -0.138. The number of carbonyl (C=O) groups is 10. The van der Waals surface area contributed by atoms with Crippen molar-refractivity contribution in [1.29, 1.82) is 0 Å². The van der Waals surface area contributed by atoms with Crippen molar-refractivity contribution in [2.24, 2.45) is 5.73 Å². The zero-order valence-electron chi connectivity index (χ0n) is 79.1. The summed E-state index contributed by atoms with van der Waals surface area (Å²) >= 11 is 4.71. The molecule has 136 heavy (non-hydrogen) atoms. The number of aliphatic carboxylic acids is 1. The van der Waals surface area contributed by atoms with Crippen LogP contribution >= 0.6 is 11.6 Å². The van der Waals surface area contributed by atoms with Crippen LogP contribution in [0.5, 0.6) is 0 Å². The van der Waals surface area contributed by atoms with E-state index in [0.717, 1.165) is 108 Å². The molecule has 5 atom stereocenters. The minimum atomic E-state index is -0.891. The van der Waals surface area contributed by atoms with Crippen LogP contribution in [0.15, 0.2) is 147 Å². The number of nitrogens with one attached hydrogen (secondary N) is 7. The molecule has 39 heteroatoms. The quantitative estimate of drug-likeness (QED) is 0.0110. The number of halogens is 1. The number of amides is 5. The predicted molar refractivity (Wildman–Crippen MR) is 511 cm³/mol. The third-order valence-corrected chi connectivity index (χ3v) is 21.4. The van der Waals surface area contributed by atoms with Crippen molar-refractivity contribution in [3.8, 4) is 0 Å². The summed E-state index contributed by atoms with van der Waals surface area (Å²) in [6, 6.07) is 26.7. The number of ether oxygens (including phenoxy) is 3. The first kappa shape index (κ1) is 105. The fourth-order valence-electron chi connectivity index (χ4n) is 12.6. The second-order valence-corrected chi connectivity index (χ2v) is 36.5. The van der Waals surface area contributed by atoms with Gasteiger partial charge < -0.3 is 67.1 Å². The molecule has 0 aromatic carbocycles. The number of rotatable bonds is 25. The van der Waals surface area contributed by atoms with Gasteiger partial charge in [-0.25, -0.2) is 14.4 Å². The topological polar surface area (TPSA) is 515 Å². The highest BCUT2D eigenvalue weighted by Gasteiger charge is 2.37. The van der Waals surface area contributed by atoms with E-state index in [0.29, 0.717) is 76.8 Å². The number of nitrogens with two attached hydrogens (primary N) is 2. The smallest absolute Gasteiger partial charge is 0.435 e. The lowest BCUT2D eigenvalue weighted by atomic mass is 10.0. The second kappa shape index (κ2) is 47.7. The standard InChI is InChI=1S/C21H28N4O3.C20H23N5O3.C18H21N5O2.C15H19N5O.C11H17N3O2.C9H8N2O2.C3H3ClO/c1-6-16-10-9-15(12-22-16)13(2)19(26)23-18-11-17(14-7-8-14)25(24-18)20(27)28-21(3,4)5;1-12(14-8-9-16(21-5)22-11-14)18(26)23-17-10-15(13-6-7-13)25(24-17)19(27)28-20(2,3)4;1-3-17(24)20-10-14-7-6-13(9-19-14)11(2)18(25)21-16-8-15(22-23-16)12-4-5-12;1-9(11-4-5-12(7-16)17-8-11)15(21)18-14-6-13(19-20-14)10-2-3-10;1-11(2,3)16-10(15)14-8(7-4-5-7)6-9(12)13-14;1-6(9(12)13)7-3-4-8(10-2)11-5-7;1-2-3(4)5/h9-14H,6-8H2,1-5H3,(H,23,24,26);8-13H,6-7H2,1-4H3,(H,23,24,26);3,6-9,11-12H,1,4-5,10H2,2H3,(H,20,24)(H2,21,22,23,25);4-6,8-10H,2-3,7,16H2,1H3,(H2,18,19,20,21);6-7H,4-5H2,1-3H3,(H2,12,13);3-6H,1H3,(H,12,13);2H,1H2. The monoisotopic (exact) mass is 1880 g/mol. The molecule has 10 heterocycles. The van der Waals surface area contributed by atoms with Crippen LogP contribution in [0.4, 0.5) is 55.1 Å². The summed E-state index contributed by atoms with van der Waals surface area (Å²) in [7, 11) is 0. The molecule has 0 aliphatic heterocycles. The SMILES string of the molecule is C=CC(=O)Cl.C=CC(=O)NCc1ccc(C(C)C(=O)Nc2cc(C3CC3)[nH]n2)cn1.CC(C(=O)Nc1cc(C2CC2)[nH]n1)c1ccc(CN)nc1.CC(C)(C)OC(=O)n1nc(N)cc1C1CC1.CCc1ccc(C(C)C(=O)Nc2cc(C3CC3)n(C(=O)OC(C)(C)C)n2)cn1.[C-]#[N+]c1ccc(C(C)C(=O)Nc2cc(C3CC3)n(C(=O)OC(C)(C)C)n2)cn1.[C-]#[N+]c1ccc(C(C)C(=O)O)cn1. The number of hydrogen-bond donors (Lipinski definition) is 10. The van der Waals surface area contributed by atoms with Gasteiger partial charge in [-0.05, 0) is 238 Å². The highest BCUT2D eigenvalue weighted by atomic mass is 35.5. The lowest BCUT2D eigenvalue weighted by Crippen LogP contribution is -2.28. The van der Waals surface area contributed by atoms with Crippen LogP contribution in [0.2, 0.25) is 0 Å². The summed E-state index contributed by atoms with van der Waals surface area (Å²) in [6.45, 7) is 48.0. The fraction of sp³-hybridized carbons (Fsp3) is 0.423. The molecule has 5 aliphatic rings. The highest BCUT2D eigenvalue weighted by molar-refractivity contribution is 6.66. The fourth-order valence-corrected chi connectivity index (χ4v) is 12.6. The molecule has 718 valence electrons. The number of H-pyrrole nitrogens is 2. The number of pyridine rings is 5. The molecule has 12 N–H and O–H groups in total. The van der Waals surface area contributed by atoms with E-state index in [1.54, 1.807) is 95.7 Å². The molecule has 5 amide bonds. The molecule has 10 aromatic heterocycles. The first-order valence-electron chi connectivity index (χ1n) is 44.6. The number of carboxylic acids is 1. The minimum absolute atomic E-state index is 0.0915. The Bertz CT molecular complexity index is 5930.